The summed E-state index contributed by atoms with van der Waals surface area (Å²) in [6.07, 6.45) is 9.77. The minimum atomic E-state index is -0.425. The minimum Gasteiger partial charge on any atom is -0.352 e. The molecule has 0 radical (unpaired) electrons. The van der Waals surface area contributed by atoms with Crippen LogP contribution in [0.2, 0.25) is 0 Å². The fourth-order valence-electron chi connectivity index (χ4n) is 4.56. The Morgan fingerprint density at radius 1 is 1.19 bits per heavy atom. The molecule has 6 heteroatoms. The smallest absolute Gasteiger partial charge is 0.242 e. The maximum absolute atomic E-state index is 12.9. The quantitative estimate of drug-likeness (QED) is 0.769. The lowest BCUT2D eigenvalue weighted by Gasteiger charge is -2.35. The second-order valence-corrected chi connectivity index (χ2v) is 8.81. The first-order valence-electron chi connectivity index (χ1n) is 10.9. The van der Waals surface area contributed by atoms with Crippen molar-refractivity contribution in [2.24, 2.45) is 5.92 Å². The minimum absolute atomic E-state index is 0.0515. The molecule has 0 bridgehead atoms. The molecule has 3 aliphatic rings. The maximum atomic E-state index is 12.9. The van der Waals surface area contributed by atoms with Crippen molar-refractivity contribution < 1.29 is 19.1 Å². The summed E-state index contributed by atoms with van der Waals surface area (Å²) < 4.78 is 12.3. The van der Waals surface area contributed by atoms with Crippen LogP contribution in [0.3, 0.4) is 0 Å². The van der Waals surface area contributed by atoms with Crippen LogP contribution in [0, 0.1) is 5.92 Å². The predicted molar refractivity (Wildman–Crippen MR) is 103 cm³/mol. The highest BCUT2D eigenvalue weighted by molar-refractivity contribution is 5.88. The number of hydrogen-bond donors (Lipinski definition) is 1. The van der Waals surface area contributed by atoms with Gasteiger partial charge >= 0.3 is 0 Å². The van der Waals surface area contributed by atoms with Crippen molar-refractivity contribution in [3.63, 3.8) is 0 Å². The topological polar surface area (TPSA) is 67.9 Å². The zero-order valence-corrected chi connectivity index (χ0v) is 17.0. The molecule has 0 unspecified atom stereocenters. The van der Waals surface area contributed by atoms with E-state index in [1.54, 1.807) is 4.90 Å². The molecule has 2 amide bonds. The van der Waals surface area contributed by atoms with Gasteiger partial charge < -0.3 is 19.7 Å². The summed E-state index contributed by atoms with van der Waals surface area (Å²) in [5.41, 5.74) is 0. The van der Waals surface area contributed by atoms with Crippen LogP contribution in [0.25, 0.3) is 0 Å². The first-order valence-corrected chi connectivity index (χ1v) is 10.9. The number of ether oxygens (including phenoxy) is 2. The van der Waals surface area contributed by atoms with Crippen molar-refractivity contribution in [3.8, 4) is 0 Å². The highest BCUT2D eigenvalue weighted by Crippen LogP contribution is 2.36. The molecule has 0 aromatic heterocycles. The van der Waals surface area contributed by atoms with Gasteiger partial charge in [0.05, 0.1) is 6.61 Å². The zero-order valence-electron chi connectivity index (χ0n) is 17.0. The third-order valence-corrected chi connectivity index (χ3v) is 6.02. The van der Waals surface area contributed by atoms with Gasteiger partial charge in [-0.25, -0.2) is 0 Å². The Hall–Kier alpha value is -1.14. The van der Waals surface area contributed by atoms with Crippen LogP contribution >= 0.6 is 0 Å². The molecule has 1 saturated carbocycles. The van der Waals surface area contributed by atoms with Gasteiger partial charge in [0.1, 0.15) is 12.1 Å². The Morgan fingerprint density at radius 3 is 2.59 bits per heavy atom. The van der Waals surface area contributed by atoms with Crippen LogP contribution in [0.1, 0.15) is 78.1 Å². The molecule has 2 aliphatic heterocycles. The molecular weight excluding hydrogens is 344 g/mol. The average molecular weight is 381 g/mol. The maximum Gasteiger partial charge on any atom is 0.242 e. The summed E-state index contributed by atoms with van der Waals surface area (Å²) in [5.74, 6) is -0.00781. The van der Waals surface area contributed by atoms with Gasteiger partial charge in [0.15, 0.2) is 5.79 Å². The number of carbonyl (C=O) groups is 2. The second kappa shape index (κ2) is 9.37. The molecular formula is C21H36N2O4. The van der Waals surface area contributed by atoms with Crippen LogP contribution in [0.5, 0.6) is 0 Å². The van der Waals surface area contributed by atoms with E-state index in [-0.39, 0.29) is 24.0 Å². The SMILES string of the molecule is CC(C)C[C@@H](C(=O)NC[C@@H]1COC2(CCCCCC2)O1)N1CCCCC1=O. The summed E-state index contributed by atoms with van der Waals surface area (Å²) in [7, 11) is 0. The van der Waals surface area contributed by atoms with E-state index >= 15 is 0 Å². The van der Waals surface area contributed by atoms with E-state index in [0.717, 1.165) is 38.5 Å². The molecule has 2 heterocycles. The van der Waals surface area contributed by atoms with Crippen molar-refractivity contribution in [1.29, 1.82) is 0 Å². The van der Waals surface area contributed by atoms with Gasteiger partial charge in [-0.05, 0) is 38.0 Å². The Balaban J connectivity index is 1.53. The number of likely N-dealkylation sites (tertiary alicyclic amines) is 1. The summed E-state index contributed by atoms with van der Waals surface area (Å²) in [6, 6.07) is -0.369. The molecule has 1 N–H and O–H groups in total. The monoisotopic (exact) mass is 380 g/mol. The van der Waals surface area contributed by atoms with E-state index in [0.29, 0.717) is 38.5 Å². The first kappa shape index (κ1) is 20.6. The lowest BCUT2D eigenvalue weighted by Crippen LogP contribution is -2.53. The first-order chi connectivity index (χ1) is 13.0. The largest absolute Gasteiger partial charge is 0.352 e. The van der Waals surface area contributed by atoms with Crippen LogP contribution in [0.15, 0.2) is 0 Å². The fraction of sp³-hybridized carbons (Fsp3) is 0.905. The van der Waals surface area contributed by atoms with Gasteiger partial charge in [0.25, 0.3) is 0 Å². The van der Waals surface area contributed by atoms with Crippen molar-refractivity contribution in [1.82, 2.24) is 10.2 Å². The van der Waals surface area contributed by atoms with Gasteiger partial charge in [0, 0.05) is 32.4 Å². The molecule has 1 aliphatic carbocycles. The summed E-state index contributed by atoms with van der Waals surface area (Å²) in [5, 5.41) is 3.05. The van der Waals surface area contributed by atoms with E-state index in [1.807, 2.05) is 0 Å². The van der Waals surface area contributed by atoms with Gasteiger partial charge in [-0.1, -0.05) is 26.7 Å². The Bertz CT molecular complexity index is 514. The highest BCUT2D eigenvalue weighted by Gasteiger charge is 2.41. The van der Waals surface area contributed by atoms with E-state index in [1.165, 1.54) is 12.8 Å². The fourth-order valence-corrected chi connectivity index (χ4v) is 4.56. The van der Waals surface area contributed by atoms with Crippen LogP contribution in [-0.4, -0.2) is 54.3 Å². The number of amides is 2. The standard InChI is InChI=1S/C21H36N2O4/c1-16(2)13-18(23-12-8-5-9-19(23)24)20(25)22-14-17-15-26-21(27-17)10-6-3-4-7-11-21/h16-18H,3-15H2,1-2H3,(H,22,25)/t17-,18+/m1/s1. The third-order valence-electron chi connectivity index (χ3n) is 6.02. The summed E-state index contributed by atoms with van der Waals surface area (Å²) >= 11 is 0. The number of carbonyl (C=O) groups excluding carboxylic acids is 2. The van der Waals surface area contributed by atoms with Gasteiger partial charge in [-0.2, -0.15) is 0 Å². The molecule has 6 nitrogen and oxygen atoms in total. The molecule has 2 atom stereocenters. The van der Waals surface area contributed by atoms with Gasteiger partial charge in [-0.15, -0.1) is 0 Å². The number of hydrogen-bond acceptors (Lipinski definition) is 4. The molecule has 1 spiro atoms. The number of rotatable bonds is 6. The van der Waals surface area contributed by atoms with E-state index in [9.17, 15) is 9.59 Å². The Kier molecular flexibility index (Phi) is 7.15. The number of nitrogens with zero attached hydrogens (tertiary/aromatic N) is 1. The Labute approximate surface area is 163 Å². The van der Waals surface area contributed by atoms with Crippen molar-refractivity contribution in [2.45, 2.75) is 96.0 Å². The van der Waals surface area contributed by atoms with E-state index < -0.39 is 5.79 Å². The van der Waals surface area contributed by atoms with Crippen molar-refractivity contribution in [3.05, 3.63) is 0 Å². The molecule has 2 saturated heterocycles. The average Bonchev–Trinajstić information content (AvgIpc) is 2.89. The Morgan fingerprint density at radius 2 is 1.93 bits per heavy atom. The van der Waals surface area contributed by atoms with Crippen LogP contribution in [0.4, 0.5) is 0 Å². The lowest BCUT2D eigenvalue weighted by molar-refractivity contribution is -0.175. The van der Waals surface area contributed by atoms with Gasteiger partial charge in [-0.3, -0.25) is 9.59 Å². The summed E-state index contributed by atoms with van der Waals surface area (Å²) in [4.78, 5) is 27.0. The molecule has 0 aromatic carbocycles. The van der Waals surface area contributed by atoms with E-state index in [4.69, 9.17) is 9.47 Å². The number of nitrogens with one attached hydrogen (secondary N) is 1. The normalized spacial score (nSPS) is 27.0. The second-order valence-electron chi connectivity index (χ2n) is 8.81. The van der Waals surface area contributed by atoms with Crippen LogP contribution < -0.4 is 5.32 Å². The summed E-state index contributed by atoms with van der Waals surface area (Å²) in [6.45, 7) is 5.88. The highest BCUT2D eigenvalue weighted by atomic mass is 16.7. The van der Waals surface area contributed by atoms with Gasteiger partial charge in [0.2, 0.25) is 11.8 Å². The van der Waals surface area contributed by atoms with Crippen LogP contribution in [-0.2, 0) is 19.1 Å². The third kappa shape index (κ3) is 5.44. The molecule has 3 fully saturated rings. The number of piperidine rings is 1. The molecule has 3 rings (SSSR count). The predicted octanol–water partition coefficient (Wildman–Crippen LogP) is 3.00. The zero-order chi connectivity index (χ0) is 19.3. The lowest BCUT2D eigenvalue weighted by atomic mass is 9.98. The molecule has 154 valence electrons. The molecule has 27 heavy (non-hydrogen) atoms. The van der Waals surface area contributed by atoms with Crippen molar-refractivity contribution >= 4 is 11.8 Å². The van der Waals surface area contributed by atoms with Crippen molar-refractivity contribution in [2.75, 3.05) is 19.7 Å². The van der Waals surface area contributed by atoms with E-state index in [2.05, 4.69) is 19.2 Å². The molecule has 0 aromatic rings.